The molecule has 2 rings (SSSR count). The van der Waals surface area contributed by atoms with Crippen molar-refractivity contribution in [2.45, 2.75) is 25.1 Å². The van der Waals surface area contributed by atoms with E-state index >= 15 is 0 Å². The fourth-order valence-electron chi connectivity index (χ4n) is 1.74. The van der Waals surface area contributed by atoms with Crippen LogP contribution in [-0.2, 0) is 4.79 Å². The molecule has 1 aromatic rings. The Morgan fingerprint density at radius 3 is 2.47 bits per heavy atom. The lowest BCUT2D eigenvalue weighted by atomic mass is 9.79. The van der Waals surface area contributed by atoms with Crippen molar-refractivity contribution in [1.29, 1.82) is 0 Å². The van der Waals surface area contributed by atoms with Gasteiger partial charge < -0.3 is 4.74 Å². The molecule has 1 unspecified atom stereocenters. The van der Waals surface area contributed by atoms with E-state index in [0.29, 0.717) is 18.4 Å². The van der Waals surface area contributed by atoms with E-state index in [2.05, 4.69) is 4.74 Å². The van der Waals surface area contributed by atoms with Crippen LogP contribution in [0.3, 0.4) is 0 Å². The standard InChI is InChI=1S/C11H8ClF3O2/c12-7-3-6(9-1-2-10(9)16)4-8(5-7)17-11(13,14)15/h3-5,9H,1-2H2. The average molecular weight is 265 g/mol. The molecule has 1 saturated carbocycles. The Morgan fingerprint density at radius 2 is 2.00 bits per heavy atom. The van der Waals surface area contributed by atoms with Crippen molar-refractivity contribution in [2.75, 3.05) is 0 Å². The van der Waals surface area contributed by atoms with Crippen LogP contribution in [0.5, 0.6) is 5.75 Å². The van der Waals surface area contributed by atoms with Gasteiger partial charge in [0.15, 0.2) is 0 Å². The molecule has 92 valence electrons. The molecule has 0 bridgehead atoms. The molecule has 0 spiro atoms. The summed E-state index contributed by atoms with van der Waals surface area (Å²) in [6, 6.07) is 3.77. The molecule has 0 saturated heterocycles. The number of ketones is 1. The molecule has 0 aliphatic heterocycles. The van der Waals surface area contributed by atoms with Crippen molar-refractivity contribution in [3.8, 4) is 5.75 Å². The van der Waals surface area contributed by atoms with Gasteiger partial charge in [0.25, 0.3) is 0 Å². The molecule has 1 aromatic carbocycles. The van der Waals surface area contributed by atoms with Crippen LogP contribution in [0.15, 0.2) is 18.2 Å². The van der Waals surface area contributed by atoms with E-state index in [-0.39, 0.29) is 22.5 Å². The van der Waals surface area contributed by atoms with Gasteiger partial charge in [-0.2, -0.15) is 0 Å². The van der Waals surface area contributed by atoms with Crippen LogP contribution in [0, 0.1) is 0 Å². The first-order chi connectivity index (χ1) is 7.85. The van der Waals surface area contributed by atoms with Gasteiger partial charge in [0.2, 0.25) is 0 Å². The zero-order valence-electron chi connectivity index (χ0n) is 8.55. The smallest absolute Gasteiger partial charge is 0.406 e. The molecular formula is C11H8ClF3O2. The molecule has 6 heteroatoms. The van der Waals surface area contributed by atoms with Crippen LogP contribution >= 0.6 is 11.6 Å². The molecule has 17 heavy (non-hydrogen) atoms. The number of benzene rings is 1. The summed E-state index contributed by atoms with van der Waals surface area (Å²) in [5.41, 5.74) is 0.480. The Bertz CT molecular complexity index is 457. The predicted octanol–water partition coefficient (Wildman–Crippen LogP) is 3.69. The zero-order chi connectivity index (χ0) is 12.6. The lowest BCUT2D eigenvalue weighted by molar-refractivity contribution is -0.274. The Morgan fingerprint density at radius 1 is 1.29 bits per heavy atom. The van der Waals surface area contributed by atoms with Crippen molar-refractivity contribution < 1.29 is 22.7 Å². The van der Waals surface area contributed by atoms with E-state index in [4.69, 9.17) is 11.6 Å². The van der Waals surface area contributed by atoms with E-state index in [1.807, 2.05) is 0 Å². The number of rotatable bonds is 2. The third kappa shape index (κ3) is 2.91. The van der Waals surface area contributed by atoms with Crippen LogP contribution in [0.4, 0.5) is 13.2 Å². The Kier molecular flexibility index (Phi) is 3.03. The molecule has 0 radical (unpaired) electrons. The number of ether oxygens (including phenoxy) is 1. The van der Waals surface area contributed by atoms with Gasteiger partial charge in [-0.05, 0) is 30.2 Å². The normalized spacial score (nSPS) is 20.0. The number of carbonyl (C=O) groups excluding carboxylic acids is 1. The van der Waals surface area contributed by atoms with Gasteiger partial charge >= 0.3 is 6.36 Å². The number of Topliss-reactive ketones (excluding diaryl/α,β-unsaturated/α-hetero) is 1. The number of carbonyl (C=O) groups is 1. The molecule has 1 fully saturated rings. The second-order valence-electron chi connectivity index (χ2n) is 3.83. The second kappa shape index (κ2) is 4.22. The van der Waals surface area contributed by atoms with E-state index in [1.165, 1.54) is 12.1 Å². The van der Waals surface area contributed by atoms with Crippen molar-refractivity contribution >= 4 is 17.4 Å². The molecule has 2 nitrogen and oxygen atoms in total. The number of hydrogen-bond donors (Lipinski definition) is 0. The molecule has 1 aliphatic carbocycles. The number of halogens is 4. The minimum Gasteiger partial charge on any atom is -0.406 e. The highest BCUT2D eigenvalue weighted by Crippen LogP contribution is 2.37. The van der Waals surface area contributed by atoms with E-state index in [9.17, 15) is 18.0 Å². The summed E-state index contributed by atoms with van der Waals surface area (Å²) in [5, 5.41) is 0.126. The molecule has 0 N–H and O–H groups in total. The van der Waals surface area contributed by atoms with Crippen molar-refractivity contribution in [3.05, 3.63) is 28.8 Å². The second-order valence-corrected chi connectivity index (χ2v) is 4.26. The highest BCUT2D eigenvalue weighted by Gasteiger charge is 2.33. The molecule has 0 aromatic heterocycles. The van der Waals surface area contributed by atoms with Gasteiger partial charge in [-0.3, -0.25) is 4.79 Å². The molecule has 1 atom stereocenters. The third-order valence-corrected chi connectivity index (χ3v) is 2.82. The maximum atomic E-state index is 12.0. The van der Waals surface area contributed by atoms with Crippen LogP contribution < -0.4 is 4.74 Å². The van der Waals surface area contributed by atoms with Gasteiger partial charge in [0.1, 0.15) is 11.5 Å². The fourth-order valence-corrected chi connectivity index (χ4v) is 1.97. The first kappa shape index (κ1) is 12.2. The molecule has 1 aliphatic rings. The summed E-state index contributed by atoms with van der Waals surface area (Å²) >= 11 is 5.69. The van der Waals surface area contributed by atoms with Crippen molar-refractivity contribution in [2.24, 2.45) is 0 Å². The van der Waals surface area contributed by atoms with Crippen LogP contribution in [0.1, 0.15) is 24.3 Å². The van der Waals surface area contributed by atoms with Crippen LogP contribution in [0.2, 0.25) is 5.02 Å². The summed E-state index contributed by atoms with van der Waals surface area (Å²) in [5.74, 6) is -0.714. The number of hydrogen-bond acceptors (Lipinski definition) is 2. The quantitative estimate of drug-likeness (QED) is 0.814. The maximum Gasteiger partial charge on any atom is 0.573 e. The SMILES string of the molecule is O=C1CCC1c1cc(Cl)cc(OC(F)(F)F)c1. The Hall–Kier alpha value is -1.23. The highest BCUT2D eigenvalue weighted by atomic mass is 35.5. The summed E-state index contributed by atoms with van der Waals surface area (Å²) in [6.07, 6.45) is -3.65. The average Bonchev–Trinajstić information content (AvgIpc) is 2.11. The summed E-state index contributed by atoms with van der Waals surface area (Å²) in [7, 11) is 0. The number of alkyl halides is 3. The van der Waals surface area contributed by atoms with Crippen molar-refractivity contribution in [1.82, 2.24) is 0 Å². The van der Waals surface area contributed by atoms with Crippen molar-refractivity contribution in [3.63, 3.8) is 0 Å². The maximum absolute atomic E-state index is 12.0. The third-order valence-electron chi connectivity index (χ3n) is 2.60. The van der Waals surface area contributed by atoms with E-state index < -0.39 is 6.36 Å². The predicted molar refractivity (Wildman–Crippen MR) is 55.1 cm³/mol. The van der Waals surface area contributed by atoms with E-state index in [1.54, 1.807) is 0 Å². The first-order valence-electron chi connectivity index (χ1n) is 4.94. The molecular weight excluding hydrogens is 257 g/mol. The lowest BCUT2D eigenvalue weighted by Crippen LogP contribution is -2.23. The van der Waals surface area contributed by atoms with Gasteiger partial charge in [-0.25, -0.2) is 0 Å². The van der Waals surface area contributed by atoms with Crippen LogP contribution in [-0.4, -0.2) is 12.1 Å². The molecule has 0 heterocycles. The Balaban J connectivity index is 2.26. The highest BCUT2D eigenvalue weighted by molar-refractivity contribution is 6.30. The Labute approximate surface area is 100 Å². The minimum atomic E-state index is -4.76. The van der Waals surface area contributed by atoms with Gasteiger partial charge in [0, 0.05) is 17.4 Å². The molecule has 0 amide bonds. The van der Waals surface area contributed by atoms with E-state index in [0.717, 1.165) is 6.07 Å². The zero-order valence-corrected chi connectivity index (χ0v) is 9.31. The van der Waals surface area contributed by atoms with Gasteiger partial charge in [-0.15, -0.1) is 13.2 Å². The largest absolute Gasteiger partial charge is 0.573 e. The fraction of sp³-hybridized carbons (Fsp3) is 0.364. The summed E-state index contributed by atoms with van der Waals surface area (Å²) < 4.78 is 39.9. The summed E-state index contributed by atoms with van der Waals surface area (Å²) in [6.45, 7) is 0. The minimum absolute atomic E-state index is 0.0187. The summed E-state index contributed by atoms with van der Waals surface area (Å²) in [4.78, 5) is 11.2. The first-order valence-corrected chi connectivity index (χ1v) is 5.32. The monoisotopic (exact) mass is 264 g/mol. The lowest BCUT2D eigenvalue weighted by Gasteiger charge is -2.24. The topological polar surface area (TPSA) is 26.3 Å². The van der Waals surface area contributed by atoms with Gasteiger partial charge in [0.05, 0.1) is 0 Å². The van der Waals surface area contributed by atoms with Crippen LogP contribution in [0.25, 0.3) is 0 Å². The van der Waals surface area contributed by atoms with Gasteiger partial charge in [-0.1, -0.05) is 11.6 Å².